The second-order valence-electron chi connectivity index (χ2n) is 4.56. The average Bonchev–Trinajstić information content (AvgIpc) is 2.20. The van der Waals surface area contributed by atoms with Gasteiger partial charge in [-0.25, -0.2) is 0 Å². The number of carbonyl (C=O) groups excluding carboxylic acids is 1. The third-order valence-electron chi connectivity index (χ3n) is 1.99. The molecular weight excluding hydrogens is 224 g/mol. The van der Waals surface area contributed by atoms with E-state index in [1.165, 1.54) is 0 Å². The molecule has 0 aliphatic carbocycles. The van der Waals surface area contributed by atoms with Gasteiger partial charge in [0.05, 0.1) is 18.8 Å². The van der Waals surface area contributed by atoms with Crippen LogP contribution >= 0.6 is 0 Å². The smallest absolute Gasteiger partial charge is 0.246 e. The fourth-order valence-electron chi connectivity index (χ4n) is 1.38. The third kappa shape index (κ3) is 10.2. The summed E-state index contributed by atoms with van der Waals surface area (Å²) < 4.78 is 9.83. The third-order valence-corrected chi connectivity index (χ3v) is 1.99. The zero-order valence-electron chi connectivity index (χ0n) is 11.2. The molecular formula is C11H24N2O4. The van der Waals surface area contributed by atoms with Crippen molar-refractivity contribution in [2.45, 2.75) is 12.5 Å². The number of nitrogens with zero attached hydrogens (tertiary/aromatic N) is 1. The van der Waals surface area contributed by atoms with Crippen molar-refractivity contribution in [3.05, 3.63) is 0 Å². The number of aliphatic hydroxyl groups is 1. The molecule has 0 bridgehead atoms. The van der Waals surface area contributed by atoms with Crippen molar-refractivity contribution < 1.29 is 19.4 Å². The van der Waals surface area contributed by atoms with Crippen molar-refractivity contribution in [2.75, 3.05) is 54.1 Å². The van der Waals surface area contributed by atoms with Crippen LogP contribution in [-0.4, -0.2) is 75.6 Å². The lowest BCUT2D eigenvalue weighted by Crippen LogP contribution is -2.47. The van der Waals surface area contributed by atoms with E-state index in [0.717, 1.165) is 0 Å². The molecule has 0 fully saturated rings. The molecule has 0 aromatic heterocycles. The van der Waals surface area contributed by atoms with Crippen molar-refractivity contribution in [1.82, 2.24) is 10.2 Å². The number of hydrogen-bond acceptors (Lipinski definition) is 5. The van der Waals surface area contributed by atoms with Gasteiger partial charge in [0.1, 0.15) is 6.61 Å². The Balaban J connectivity index is 3.68. The number of hydrogen-bond donors (Lipinski definition) is 2. The molecule has 6 heteroatoms. The van der Waals surface area contributed by atoms with E-state index in [4.69, 9.17) is 9.47 Å². The van der Waals surface area contributed by atoms with Gasteiger partial charge < -0.3 is 24.8 Å². The van der Waals surface area contributed by atoms with Gasteiger partial charge in [-0.15, -0.1) is 0 Å². The number of rotatable bonds is 9. The van der Waals surface area contributed by atoms with Crippen LogP contribution in [0.15, 0.2) is 0 Å². The predicted octanol–water partition coefficient (Wildman–Crippen LogP) is -0.922. The first kappa shape index (κ1) is 16.3. The van der Waals surface area contributed by atoms with Gasteiger partial charge in [0, 0.05) is 20.2 Å². The molecule has 0 aliphatic heterocycles. The van der Waals surface area contributed by atoms with E-state index in [-0.39, 0.29) is 19.1 Å². The first-order valence-electron chi connectivity index (χ1n) is 5.58. The minimum atomic E-state index is -0.939. The second kappa shape index (κ2) is 8.41. The number of amides is 1. The normalized spacial score (nSPS) is 14.7. The van der Waals surface area contributed by atoms with Crippen molar-refractivity contribution in [2.24, 2.45) is 0 Å². The Morgan fingerprint density at radius 3 is 2.59 bits per heavy atom. The highest BCUT2D eigenvalue weighted by Crippen LogP contribution is 2.02. The van der Waals surface area contributed by atoms with Gasteiger partial charge in [0.25, 0.3) is 0 Å². The lowest BCUT2D eigenvalue weighted by Gasteiger charge is -2.27. The number of nitrogens with one attached hydrogen (secondary N) is 1. The first-order valence-corrected chi connectivity index (χ1v) is 5.58. The molecule has 0 saturated carbocycles. The summed E-state index contributed by atoms with van der Waals surface area (Å²) in [6.45, 7) is 3.21. The first-order chi connectivity index (χ1) is 7.87. The Labute approximate surface area is 103 Å². The molecule has 17 heavy (non-hydrogen) atoms. The van der Waals surface area contributed by atoms with Crippen LogP contribution in [0.1, 0.15) is 6.92 Å². The van der Waals surface area contributed by atoms with Crippen LogP contribution in [-0.2, 0) is 14.3 Å². The molecule has 0 aromatic carbocycles. The van der Waals surface area contributed by atoms with Crippen LogP contribution in [0.25, 0.3) is 0 Å². The summed E-state index contributed by atoms with van der Waals surface area (Å²) in [5, 5.41) is 12.5. The molecule has 1 unspecified atom stereocenters. The van der Waals surface area contributed by atoms with E-state index >= 15 is 0 Å². The SMILES string of the molecule is COCCOCC(=O)NCC(C)(O)CN(C)C. The quantitative estimate of drug-likeness (QED) is 0.516. The Kier molecular flexibility index (Phi) is 8.07. The highest BCUT2D eigenvalue weighted by molar-refractivity contribution is 5.77. The molecule has 102 valence electrons. The largest absolute Gasteiger partial charge is 0.387 e. The van der Waals surface area contributed by atoms with Gasteiger partial charge in [-0.05, 0) is 21.0 Å². The maximum absolute atomic E-state index is 11.3. The molecule has 2 N–H and O–H groups in total. The minimum absolute atomic E-state index is 0.0125. The number of likely N-dealkylation sites (N-methyl/N-ethyl adjacent to an activating group) is 1. The molecule has 0 radical (unpaired) electrons. The van der Waals surface area contributed by atoms with E-state index in [1.54, 1.807) is 14.0 Å². The molecule has 1 atom stereocenters. The van der Waals surface area contributed by atoms with Crippen molar-refractivity contribution in [3.63, 3.8) is 0 Å². The Bertz CT molecular complexity index is 220. The van der Waals surface area contributed by atoms with E-state index in [9.17, 15) is 9.90 Å². The molecule has 0 heterocycles. The van der Waals surface area contributed by atoms with E-state index in [1.807, 2.05) is 19.0 Å². The van der Waals surface area contributed by atoms with Crippen LogP contribution in [0.4, 0.5) is 0 Å². The Hall–Kier alpha value is -0.690. The maximum Gasteiger partial charge on any atom is 0.246 e. The van der Waals surface area contributed by atoms with Gasteiger partial charge >= 0.3 is 0 Å². The van der Waals surface area contributed by atoms with E-state index in [2.05, 4.69) is 5.32 Å². The van der Waals surface area contributed by atoms with Crippen LogP contribution in [0, 0.1) is 0 Å². The molecule has 0 aromatic rings. The summed E-state index contributed by atoms with van der Waals surface area (Å²) in [5.74, 6) is -0.236. The van der Waals surface area contributed by atoms with Gasteiger partial charge in [-0.3, -0.25) is 4.79 Å². The van der Waals surface area contributed by atoms with Crippen molar-refractivity contribution >= 4 is 5.91 Å². The average molecular weight is 248 g/mol. The summed E-state index contributed by atoms with van der Waals surface area (Å²) in [7, 11) is 5.30. The van der Waals surface area contributed by atoms with Crippen LogP contribution in [0.5, 0.6) is 0 Å². The number of methoxy groups -OCH3 is 1. The van der Waals surface area contributed by atoms with Crippen molar-refractivity contribution in [1.29, 1.82) is 0 Å². The standard InChI is InChI=1S/C11H24N2O4/c1-11(15,9-13(2)3)8-12-10(14)7-17-6-5-16-4/h15H,5-9H2,1-4H3,(H,12,14). The van der Waals surface area contributed by atoms with Crippen LogP contribution in [0.3, 0.4) is 0 Å². The van der Waals surface area contributed by atoms with Crippen LogP contribution in [0.2, 0.25) is 0 Å². The fraction of sp³-hybridized carbons (Fsp3) is 0.909. The minimum Gasteiger partial charge on any atom is -0.387 e. The Morgan fingerprint density at radius 1 is 1.41 bits per heavy atom. The molecule has 0 spiro atoms. The fourth-order valence-corrected chi connectivity index (χ4v) is 1.38. The number of carbonyl (C=O) groups is 1. The van der Waals surface area contributed by atoms with Gasteiger partial charge in [0.15, 0.2) is 0 Å². The highest BCUT2D eigenvalue weighted by atomic mass is 16.5. The maximum atomic E-state index is 11.3. The number of ether oxygens (including phenoxy) is 2. The molecule has 1 amide bonds. The summed E-state index contributed by atoms with van der Waals surface area (Å²) in [6.07, 6.45) is 0. The van der Waals surface area contributed by atoms with E-state index in [0.29, 0.717) is 19.8 Å². The summed E-state index contributed by atoms with van der Waals surface area (Å²) in [6, 6.07) is 0. The molecule has 6 nitrogen and oxygen atoms in total. The summed E-state index contributed by atoms with van der Waals surface area (Å²) in [5.41, 5.74) is -0.939. The van der Waals surface area contributed by atoms with E-state index < -0.39 is 5.60 Å². The lowest BCUT2D eigenvalue weighted by atomic mass is 10.1. The Morgan fingerprint density at radius 2 is 2.06 bits per heavy atom. The van der Waals surface area contributed by atoms with Crippen LogP contribution < -0.4 is 5.32 Å². The predicted molar refractivity (Wildman–Crippen MR) is 64.9 cm³/mol. The topological polar surface area (TPSA) is 71.0 Å². The van der Waals surface area contributed by atoms with Gasteiger partial charge in [-0.1, -0.05) is 0 Å². The molecule has 0 saturated heterocycles. The van der Waals surface area contributed by atoms with Gasteiger partial charge in [-0.2, -0.15) is 0 Å². The zero-order chi connectivity index (χ0) is 13.3. The zero-order valence-corrected chi connectivity index (χ0v) is 11.2. The summed E-state index contributed by atoms with van der Waals surface area (Å²) in [4.78, 5) is 13.2. The molecule has 0 rings (SSSR count). The summed E-state index contributed by atoms with van der Waals surface area (Å²) >= 11 is 0. The van der Waals surface area contributed by atoms with Crippen molar-refractivity contribution in [3.8, 4) is 0 Å². The second-order valence-corrected chi connectivity index (χ2v) is 4.56. The molecule has 0 aliphatic rings. The monoisotopic (exact) mass is 248 g/mol. The highest BCUT2D eigenvalue weighted by Gasteiger charge is 2.21. The van der Waals surface area contributed by atoms with Gasteiger partial charge in [0.2, 0.25) is 5.91 Å². The lowest BCUT2D eigenvalue weighted by molar-refractivity contribution is -0.127.